The summed E-state index contributed by atoms with van der Waals surface area (Å²) in [7, 11) is 0. The fourth-order valence-electron chi connectivity index (χ4n) is 4.90. The molecule has 1 saturated heterocycles. The Hall–Kier alpha value is -3.65. The molecule has 2 atom stereocenters. The molecule has 198 valence electrons. The number of amides is 2. The number of pyridine rings is 1. The van der Waals surface area contributed by atoms with E-state index in [1.807, 2.05) is 49.9 Å². The first kappa shape index (κ1) is 27.4. The Morgan fingerprint density at radius 1 is 1.11 bits per heavy atom. The molecule has 2 aromatic carbocycles. The van der Waals surface area contributed by atoms with E-state index < -0.39 is 0 Å². The second-order valence-corrected chi connectivity index (χ2v) is 10.4. The van der Waals surface area contributed by atoms with Crippen LogP contribution in [0, 0.1) is 18.7 Å². The summed E-state index contributed by atoms with van der Waals surface area (Å²) in [5, 5.41) is 4.73. The normalized spacial score (nSPS) is 17.0. The van der Waals surface area contributed by atoms with E-state index in [0.29, 0.717) is 29.9 Å². The van der Waals surface area contributed by atoms with Crippen molar-refractivity contribution < 1.29 is 14.0 Å². The number of halogens is 1. The zero-order valence-corrected chi connectivity index (χ0v) is 23.0. The van der Waals surface area contributed by atoms with Gasteiger partial charge in [0.25, 0.3) is 11.8 Å². The highest BCUT2D eigenvalue weighted by Gasteiger charge is 2.35. The molecule has 4 aromatic rings. The summed E-state index contributed by atoms with van der Waals surface area (Å²) in [5.74, 6) is -0.477. The standard InChI is InChI=1S/C28H27FN4O2S.C2H6/c1-17-6-5-15-33(28(35)25-26(36-18(2)32-25)20-10-12-21(29)13-11-20)23(17)16-31-27(34)22-9-3-7-19-8-4-14-30-24(19)22;1-2/h3-4,7-14,17,23H,5-6,15-16H2,1-2H3,(H,31,34);1-2H3/t17-,23-;/m1./s1. The molecule has 2 amide bonds. The van der Waals surface area contributed by atoms with Crippen molar-refractivity contribution in [3.8, 4) is 10.4 Å². The minimum atomic E-state index is -0.324. The van der Waals surface area contributed by atoms with Crippen LogP contribution in [0.4, 0.5) is 4.39 Å². The van der Waals surface area contributed by atoms with Gasteiger partial charge < -0.3 is 10.2 Å². The summed E-state index contributed by atoms with van der Waals surface area (Å²) >= 11 is 1.43. The van der Waals surface area contributed by atoms with Crippen LogP contribution in [0.2, 0.25) is 0 Å². The number of fused-ring (bicyclic) bond motifs is 1. The van der Waals surface area contributed by atoms with Crippen molar-refractivity contribution in [2.24, 2.45) is 5.92 Å². The molecule has 0 saturated carbocycles. The third kappa shape index (κ3) is 5.75. The molecular formula is C30H33FN4O2S. The number of piperidine rings is 1. The topological polar surface area (TPSA) is 75.2 Å². The fourth-order valence-corrected chi connectivity index (χ4v) is 5.81. The second-order valence-electron chi connectivity index (χ2n) is 9.19. The first-order valence-corrected chi connectivity index (χ1v) is 13.9. The van der Waals surface area contributed by atoms with Gasteiger partial charge in [-0.1, -0.05) is 51.1 Å². The molecule has 1 fully saturated rings. The molecule has 0 spiro atoms. The number of nitrogens with zero attached hydrogens (tertiary/aromatic N) is 3. The van der Waals surface area contributed by atoms with E-state index >= 15 is 0 Å². The van der Waals surface area contributed by atoms with Crippen molar-refractivity contribution in [1.29, 1.82) is 0 Å². The molecule has 6 nitrogen and oxygen atoms in total. The van der Waals surface area contributed by atoms with Crippen LogP contribution in [0.5, 0.6) is 0 Å². The summed E-state index contributed by atoms with van der Waals surface area (Å²) in [6, 6.07) is 15.3. The number of thiazole rings is 1. The zero-order chi connectivity index (χ0) is 27.2. The second kappa shape index (κ2) is 12.3. The average Bonchev–Trinajstić information content (AvgIpc) is 3.34. The summed E-state index contributed by atoms with van der Waals surface area (Å²) in [6.07, 6.45) is 3.54. The van der Waals surface area contributed by atoms with E-state index in [1.54, 1.807) is 24.4 Å². The summed E-state index contributed by atoms with van der Waals surface area (Å²) < 4.78 is 13.5. The fraction of sp³-hybridized carbons (Fsp3) is 0.333. The number of para-hydroxylation sites is 1. The summed E-state index contributed by atoms with van der Waals surface area (Å²) in [5.41, 5.74) is 2.32. The van der Waals surface area contributed by atoms with E-state index in [0.717, 1.165) is 33.7 Å². The Morgan fingerprint density at radius 3 is 2.61 bits per heavy atom. The SMILES string of the molecule is CC.Cc1nc(C(=O)N2CCC[C@@H](C)[C@H]2CNC(=O)c2cccc3cccnc23)c(-c2ccc(F)cc2)s1. The van der Waals surface area contributed by atoms with E-state index in [9.17, 15) is 14.0 Å². The lowest BCUT2D eigenvalue weighted by Gasteiger charge is -2.40. The maximum Gasteiger partial charge on any atom is 0.274 e. The number of nitrogens with one attached hydrogen (secondary N) is 1. The van der Waals surface area contributed by atoms with Gasteiger partial charge in [-0.15, -0.1) is 11.3 Å². The number of hydrogen-bond donors (Lipinski definition) is 1. The quantitative estimate of drug-likeness (QED) is 0.318. The lowest BCUT2D eigenvalue weighted by molar-refractivity contribution is 0.0503. The van der Waals surface area contributed by atoms with Crippen LogP contribution in [0.15, 0.2) is 60.8 Å². The number of rotatable bonds is 5. The molecule has 0 bridgehead atoms. The Labute approximate surface area is 226 Å². The number of likely N-dealkylation sites (tertiary alicyclic amines) is 1. The van der Waals surface area contributed by atoms with E-state index in [4.69, 9.17) is 0 Å². The van der Waals surface area contributed by atoms with Gasteiger partial charge in [0, 0.05) is 24.7 Å². The maximum absolute atomic E-state index is 13.8. The molecule has 38 heavy (non-hydrogen) atoms. The number of carbonyl (C=O) groups is 2. The zero-order valence-electron chi connectivity index (χ0n) is 22.2. The number of carbonyl (C=O) groups excluding carboxylic acids is 2. The van der Waals surface area contributed by atoms with Gasteiger partial charge in [0.15, 0.2) is 0 Å². The smallest absolute Gasteiger partial charge is 0.274 e. The van der Waals surface area contributed by atoms with Crippen LogP contribution < -0.4 is 5.32 Å². The monoisotopic (exact) mass is 532 g/mol. The molecule has 1 aliphatic heterocycles. The Balaban J connectivity index is 0.00000164. The molecule has 0 radical (unpaired) electrons. The number of benzene rings is 2. The van der Waals surface area contributed by atoms with Gasteiger partial charge in [0.2, 0.25) is 0 Å². The highest BCUT2D eigenvalue weighted by atomic mass is 32.1. The number of hydrogen-bond acceptors (Lipinski definition) is 5. The van der Waals surface area contributed by atoms with Crippen molar-refractivity contribution in [2.75, 3.05) is 13.1 Å². The summed E-state index contributed by atoms with van der Waals surface area (Å²) in [4.78, 5) is 38.4. The minimum absolute atomic E-state index is 0.156. The maximum atomic E-state index is 13.8. The summed E-state index contributed by atoms with van der Waals surface area (Å²) in [6.45, 7) is 8.91. The largest absolute Gasteiger partial charge is 0.350 e. The molecule has 1 N–H and O–H groups in total. The highest BCUT2D eigenvalue weighted by Crippen LogP contribution is 2.33. The molecule has 0 aliphatic carbocycles. The predicted molar refractivity (Wildman–Crippen MR) is 151 cm³/mol. The van der Waals surface area contributed by atoms with E-state index in [-0.39, 0.29) is 29.6 Å². The molecule has 8 heteroatoms. The van der Waals surface area contributed by atoms with Crippen molar-refractivity contribution in [2.45, 2.75) is 46.6 Å². The molecule has 1 aliphatic rings. The van der Waals surface area contributed by atoms with Gasteiger partial charge >= 0.3 is 0 Å². The van der Waals surface area contributed by atoms with Crippen LogP contribution in [0.3, 0.4) is 0 Å². The predicted octanol–water partition coefficient (Wildman–Crippen LogP) is 6.50. The van der Waals surface area contributed by atoms with Crippen LogP contribution in [0.25, 0.3) is 21.3 Å². The van der Waals surface area contributed by atoms with Gasteiger partial charge in [-0.3, -0.25) is 14.6 Å². The van der Waals surface area contributed by atoms with Crippen molar-refractivity contribution in [3.05, 3.63) is 82.9 Å². The third-order valence-electron chi connectivity index (χ3n) is 6.77. The first-order chi connectivity index (χ1) is 18.4. The van der Waals surface area contributed by atoms with Gasteiger partial charge in [0.05, 0.1) is 27.0 Å². The van der Waals surface area contributed by atoms with Gasteiger partial charge in [-0.25, -0.2) is 9.37 Å². The van der Waals surface area contributed by atoms with E-state index in [2.05, 4.69) is 22.2 Å². The first-order valence-electron chi connectivity index (χ1n) is 13.1. The van der Waals surface area contributed by atoms with Crippen LogP contribution in [-0.4, -0.2) is 45.8 Å². The molecule has 5 rings (SSSR count). The van der Waals surface area contributed by atoms with Gasteiger partial charge in [-0.05, 0) is 55.5 Å². The van der Waals surface area contributed by atoms with Crippen LogP contribution in [0.1, 0.15) is 59.5 Å². The minimum Gasteiger partial charge on any atom is -0.350 e. The number of aromatic nitrogens is 2. The van der Waals surface area contributed by atoms with Crippen LogP contribution in [-0.2, 0) is 0 Å². The lowest BCUT2D eigenvalue weighted by Crippen LogP contribution is -2.53. The average molecular weight is 533 g/mol. The van der Waals surface area contributed by atoms with Gasteiger partial charge in [-0.2, -0.15) is 0 Å². The van der Waals surface area contributed by atoms with Crippen molar-refractivity contribution in [3.63, 3.8) is 0 Å². The Morgan fingerprint density at radius 2 is 1.84 bits per heavy atom. The Bertz CT molecular complexity index is 1410. The lowest BCUT2D eigenvalue weighted by atomic mass is 9.90. The van der Waals surface area contributed by atoms with Crippen molar-refractivity contribution >= 4 is 34.1 Å². The molecule has 0 unspecified atom stereocenters. The molecule has 2 aromatic heterocycles. The third-order valence-corrected chi connectivity index (χ3v) is 7.79. The van der Waals surface area contributed by atoms with E-state index in [1.165, 1.54) is 23.5 Å². The Kier molecular flexibility index (Phi) is 8.84. The van der Waals surface area contributed by atoms with Crippen molar-refractivity contribution in [1.82, 2.24) is 20.2 Å². The number of aryl methyl sites for hydroxylation is 1. The molecule has 3 heterocycles. The molecular weight excluding hydrogens is 499 g/mol. The highest BCUT2D eigenvalue weighted by molar-refractivity contribution is 7.15. The van der Waals surface area contributed by atoms with Crippen LogP contribution >= 0.6 is 11.3 Å². The van der Waals surface area contributed by atoms with Gasteiger partial charge in [0.1, 0.15) is 11.5 Å².